The lowest BCUT2D eigenvalue weighted by atomic mass is 10.1. The minimum absolute atomic E-state index is 0.0393. The lowest BCUT2D eigenvalue weighted by molar-refractivity contribution is -0.888. The van der Waals surface area contributed by atoms with E-state index in [0.29, 0.717) is 11.3 Å². The van der Waals surface area contributed by atoms with Gasteiger partial charge >= 0.3 is 5.97 Å². The number of likely N-dealkylation sites (N-methyl/N-ethyl adjacent to an activating group) is 1. The first-order valence-electron chi connectivity index (χ1n) is 6.35. The summed E-state index contributed by atoms with van der Waals surface area (Å²) in [6.07, 6.45) is 2.12. The van der Waals surface area contributed by atoms with E-state index in [-0.39, 0.29) is 12.1 Å². The third-order valence-electron chi connectivity index (χ3n) is 3.28. The van der Waals surface area contributed by atoms with Crippen LogP contribution in [0.4, 0.5) is 0 Å². The Bertz CT molecular complexity index is 419. The van der Waals surface area contributed by atoms with Crippen molar-refractivity contribution in [3.8, 4) is 5.75 Å². The van der Waals surface area contributed by atoms with Crippen LogP contribution < -0.4 is 9.64 Å². The van der Waals surface area contributed by atoms with E-state index in [0.717, 1.165) is 25.9 Å². The molecule has 1 fully saturated rings. The number of benzene rings is 1. The van der Waals surface area contributed by atoms with E-state index in [1.54, 1.807) is 25.3 Å². The predicted molar refractivity (Wildman–Crippen MR) is 68.1 cm³/mol. The highest BCUT2D eigenvalue weighted by Crippen LogP contribution is 2.15. The highest BCUT2D eigenvalue weighted by molar-refractivity contribution is 5.89. The van der Waals surface area contributed by atoms with Gasteiger partial charge in [0, 0.05) is 6.42 Å². The topological polar surface area (TPSA) is 40.0 Å². The Hall–Kier alpha value is -1.55. The molecule has 1 aliphatic rings. The van der Waals surface area contributed by atoms with Gasteiger partial charge in [-0.2, -0.15) is 0 Å². The normalized spacial score (nSPS) is 23.4. The molecule has 0 radical (unpaired) electrons. The molecule has 0 saturated carbocycles. The van der Waals surface area contributed by atoms with Gasteiger partial charge in [0.2, 0.25) is 0 Å². The molecule has 1 aromatic carbocycles. The highest BCUT2D eigenvalue weighted by Gasteiger charge is 2.24. The molecule has 0 aromatic heterocycles. The number of piperidine rings is 1. The van der Waals surface area contributed by atoms with Crippen LogP contribution in [0.15, 0.2) is 24.3 Å². The third kappa shape index (κ3) is 3.23. The maximum absolute atomic E-state index is 12.0. The van der Waals surface area contributed by atoms with Gasteiger partial charge in [-0.05, 0) is 24.6 Å². The van der Waals surface area contributed by atoms with E-state index in [1.807, 2.05) is 6.07 Å². The van der Waals surface area contributed by atoms with Crippen LogP contribution in [0.2, 0.25) is 0 Å². The van der Waals surface area contributed by atoms with E-state index in [2.05, 4.69) is 7.05 Å². The highest BCUT2D eigenvalue weighted by atomic mass is 16.5. The molecule has 2 rings (SSSR count). The maximum Gasteiger partial charge on any atom is 0.338 e. The lowest BCUT2D eigenvalue weighted by Gasteiger charge is -2.26. The van der Waals surface area contributed by atoms with Crippen molar-refractivity contribution in [1.29, 1.82) is 0 Å². The first-order valence-corrected chi connectivity index (χ1v) is 6.35. The van der Waals surface area contributed by atoms with Gasteiger partial charge < -0.3 is 14.4 Å². The molecule has 1 saturated heterocycles. The molecule has 1 N–H and O–H groups in total. The van der Waals surface area contributed by atoms with Gasteiger partial charge in [-0.1, -0.05) is 6.07 Å². The van der Waals surface area contributed by atoms with Crippen LogP contribution in [-0.2, 0) is 4.74 Å². The van der Waals surface area contributed by atoms with Crippen LogP contribution in [0.25, 0.3) is 0 Å². The number of quaternary nitrogens is 1. The van der Waals surface area contributed by atoms with Gasteiger partial charge in [0.25, 0.3) is 0 Å². The van der Waals surface area contributed by atoms with Crippen LogP contribution in [0.1, 0.15) is 23.2 Å². The SMILES string of the molecule is COc1cccc(C(=O)O[C@H]2CCC[NH+](C)C2)c1. The second-order valence-corrected chi connectivity index (χ2v) is 4.81. The summed E-state index contributed by atoms with van der Waals surface area (Å²) in [5.41, 5.74) is 0.553. The minimum atomic E-state index is -0.256. The smallest absolute Gasteiger partial charge is 0.338 e. The molecule has 18 heavy (non-hydrogen) atoms. The number of carbonyl (C=O) groups is 1. The molecule has 1 unspecified atom stereocenters. The largest absolute Gasteiger partial charge is 0.497 e. The van der Waals surface area contributed by atoms with Crippen LogP contribution in [0.5, 0.6) is 5.75 Å². The van der Waals surface area contributed by atoms with Crippen LogP contribution in [0, 0.1) is 0 Å². The number of hydrogen-bond acceptors (Lipinski definition) is 3. The Morgan fingerprint density at radius 3 is 3.00 bits per heavy atom. The van der Waals surface area contributed by atoms with E-state index < -0.39 is 0 Å². The first kappa shape index (κ1) is 12.9. The Morgan fingerprint density at radius 1 is 1.44 bits per heavy atom. The monoisotopic (exact) mass is 250 g/mol. The number of methoxy groups -OCH3 is 1. The maximum atomic E-state index is 12.0. The number of likely N-dealkylation sites (tertiary alicyclic amines) is 1. The van der Waals surface area contributed by atoms with Crippen molar-refractivity contribution < 1.29 is 19.2 Å². The summed E-state index contributed by atoms with van der Waals surface area (Å²) in [5, 5.41) is 0. The summed E-state index contributed by atoms with van der Waals surface area (Å²) in [5.74, 6) is 0.421. The molecule has 0 spiro atoms. The van der Waals surface area contributed by atoms with Gasteiger partial charge in [0.05, 0.1) is 26.3 Å². The summed E-state index contributed by atoms with van der Waals surface area (Å²) in [6.45, 7) is 2.06. The fourth-order valence-corrected chi connectivity index (χ4v) is 2.29. The van der Waals surface area contributed by atoms with Crippen LogP contribution >= 0.6 is 0 Å². The molecule has 4 heteroatoms. The van der Waals surface area contributed by atoms with Gasteiger partial charge in [-0.3, -0.25) is 0 Å². The average Bonchev–Trinajstić information content (AvgIpc) is 2.39. The third-order valence-corrected chi connectivity index (χ3v) is 3.28. The van der Waals surface area contributed by atoms with Crippen molar-refractivity contribution in [2.45, 2.75) is 18.9 Å². The molecule has 4 nitrogen and oxygen atoms in total. The zero-order valence-corrected chi connectivity index (χ0v) is 10.9. The average molecular weight is 250 g/mol. The summed E-state index contributed by atoms with van der Waals surface area (Å²) in [4.78, 5) is 13.4. The molecule has 2 atom stereocenters. The quantitative estimate of drug-likeness (QED) is 0.796. The number of esters is 1. The fraction of sp³-hybridized carbons (Fsp3) is 0.500. The molecular formula is C14H20NO3+. The predicted octanol–water partition coefficient (Wildman–Crippen LogP) is 0.529. The minimum Gasteiger partial charge on any atom is -0.497 e. The standard InChI is InChI=1S/C14H19NO3/c1-15-8-4-7-13(10-15)18-14(16)11-5-3-6-12(9-11)17-2/h3,5-6,9,13H,4,7-8,10H2,1-2H3/p+1/t13-/m0/s1. The van der Waals surface area contributed by atoms with Crippen molar-refractivity contribution >= 4 is 5.97 Å². The molecular weight excluding hydrogens is 230 g/mol. The zero-order chi connectivity index (χ0) is 13.0. The summed E-state index contributed by atoms with van der Waals surface area (Å²) in [6, 6.07) is 7.08. The Labute approximate surface area is 107 Å². The Kier molecular flexibility index (Phi) is 4.20. The fourth-order valence-electron chi connectivity index (χ4n) is 2.29. The zero-order valence-electron chi connectivity index (χ0n) is 10.9. The van der Waals surface area contributed by atoms with Gasteiger partial charge in [0.1, 0.15) is 12.3 Å². The van der Waals surface area contributed by atoms with Crippen molar-refractivity contribution in [3.05, 3.63) is 29.8 Å². The summed E-state index contributed by atoms with van der Waals surface area (Å²) >= 11 is 0. The second-order valence-electron chi connectivity index (χ2n) is 4.81. The van der Waals surface area contributed by atoms with Gasteiger partial charge in [-0.25, -0.2) is 4.79 Å². The number of carbonyl (C=O) groups excluding carboxylic acids is 1. The van der Waals surface area contributed by atoms with Crippen LogP contribution in [-0.4, -0.2) is 39.3 Å². The van der Waals surface area contributed by atoms with Gasteiger partial charge in [0.15, 0.2) is 6.10 Å². The van der Waals surface area contributed by atoms with E-state index >= 15 is 0 Å². The Morgan fingerprint density at radius 2 is 2.28 bits per heavy atom. The molecule has 1 heterocycles. The second kappa shape index (κ2) is 5.87. The molecule has 98 valence electrons. The van der Waals surface area contributed by atoms with E-state index in [4.69, 9.17) is 9.47 Å². The lowest BCUT2D eigenvalue weighted by Crippen LogP contribution is -3.11. The molecule has 0 amide bonds. The number of rotatable bonds is 3. The molecule has 1 aliphatic heterocycles. The summed E-state index contributed by atoms with van der Waals surface area (Å²) < 4.78 is 10.6. The molecule has 1 aromatic rings. The first-order chi connectivity index (χ1) is 8.69. The van der Waals surface area contributed by atoms with Crippen molar-refractivity contribution in [2.24, 2.45) is 0 Å². The molecule has 0 bridgehead atoms. The number of hydrogen-bond donors (Lipinski definition) is 1. The van der Waals surface area contributed by atoms with E-state index in [1.165, 1.54) is 4.90 Å². The summed E-state index contributed by atoms with van der Waals surface area (Å²) in [7, 11) is 3.72. The number of ether oxygens (including phenoxy) is 2. The number of nitrogens with one attached hydrogen (secondary N) is 1. The van der Waals surface area contributed by atoms with Crippen molar-refractivity contribution in [2.75, 3.05) is 27.2 Å². The molecule has 0 aliphatic carbocycles. The van der Waals surface area contributed by atoms with Crippen LogP contribution in [0.3, 0.4) is 0 Å². The van der Waals surface area contributed by atoms with Crippen molar-refractivity contribution in [3.63, 3.8) is 0 Å². The van der Waals surface area contributed by atoms with Gasteiger partial charge in [-0.15, -0.1) is 0 Å². The Balaban J connectivity index is 1.98. The van der Waals surface area contributed by atoms with E-state index in [9.17, 15) is 4.79 Å². The van der Waals surface area contributed by atoms with Crippen molar-refractivity contribution in [1.82, 2.24) is 0 Å².